The lowest BCUT2D eigenvalue weighted by molar-refractivity contribution is -0.111. The zero-order valence-corrected chi connectivity index (χ0v) is 14.2. The third-order valence-electron chi connectivity index (χ3n) is 3.51. The first kappa shape index (κ1) is 18.3. The van der Waals surface area contributed by atoms with Crippen molar-refractivity contribution in [1.82, 2.24) is 0 Å². The van der Waals surface area contributed by atoms with E-state index < -0.39 is 5.91 Å². The summed E-state index contributed by atoms with van der Waals surface area (Å²) in [5, 5.41) is 2.72. The van der Waals surface area contributed by atoms with Crippen LogP contribution in [0.25, 0.3) is 6.08 Å². The number of carbonyl (C=O) groups is 2. The summed E-state index contributed by atoms with van der Waals surface area (Å²) in [5.74, 6) is 0.0691. The van der Waals surface area contributed by atoms with Crippen molar-refractivity contribution < 1.29 is 14.3 Å². The second-order valence-corrected chi connectivity index (χ2v) is 5.54. The van der Waals surface area contributed by atoms with Gasteiger partial charge in [0.15, 0.2) is 0 Å². The normalized spacial score (nSPS) is 10.6. The monoisotopic (exact) mass is 338 g/mol. The summed E-state index contributed by atoms with van der Waals surface area (Å²) in [6.45, 7) is 2.83. The summed E-state index contributed by atoms with van der Waals surface area (Å²) >= 11 is 0. The van der Waals surface area contributed by atoms with E-state index in [1.165, 1.54) is 6.08 Å². The maximum Gasteiger partial charge on any atom is 0.248 e. The predicted molar refractivity (Wildman–Crippen MR) is 99.5 cm³/mol. The number of nitrogens with one attached hydrogen (secondary N) is 1. The largest absolute Gasteiger partial charge is 0.494 e. The Labute approximate surface area is 147 Å². The molecule has 0 saturated carbocycles. The molecule has 130 valence electrons. The van der Waals surface area contributed by atoms with E-state index in [1.807, 2.05) is 24.3 Å². The third-order valence-corrected chi connectivity index (χ3v) is 3.51. The quantitative estimate of drug-likeness (QED) is 0.570. The molecule has 0 aliphatic rings. The molecular weight excluding hydrogens is 316 g/mol. The summed E-state index contributed by atoms with van der Waals surface area (Å²) in [6.07, 6.45) is 5.31. The molecule has 0 atom stereocenters. The average molecular weight is 338 g/mol. The minimum atomic E-state index is -0.500. The highest BCUT2D eigenvalue weighted by molar-refractivity contribution is 6.02. The van der Waals surface area contributed by atoms with Crippen LogP contribution in [0.15, 0.2) is 54.6 Å². The van der Waals surface area contributed by atoms with Crippen molar-refractivity contribution in [1.29, 1.82) is 0 Å². The van der Waals surface area contributed by atoms with Gasteiger partial charge in [0.1, 0.15) is 5.75 Å². The van der Waals surface area contributed by atoms with Crippen LogP contribution in [0.2, 0.25) is 0 Å². The van der Waals surface area contributed by atoms with E-state index in [4.69, 9.17) is 10.5 Å². The standard InChI is InChI=1S/C20H22N2O3/c1-2-3-14-25-18-11-4-15(5-12-18)6-13-19(23)22-17-9-7-16(8-10-17)20(21)24/h4-13H,2-3,14H2,1H3,(H2,21,24)(H,22,23). The second kappa shape index (κ2) is 9.27. The van der Waals surface area contributed by atoms with Gasteiger partial charge in [-0.2, -0.15) is 0 Å². The summed E-state index contributed by atoms with van der Waals surface area (Å²) in [6, 6.07) is 14.0. The number of anilines is 1. The number of primary amides is 1. The minimum Gasteiger partial charge on any atom is -0.494 e. The van der Waals surface area contributed by atoms with Gasteiger partial charge in [-0.15, -0.1) is 0 Å². The number of hydrogen-bond donors (Lipinski definition) is 2. The summed E-state index contributed by atoms with van der Waals surface area (Å²) in [5.41, 5.74) is 7.07. The van der Waals surface area contributed by atoms with Crippen LogP contribution in [0.5, 0.6) is 5.75 Å². The molecule has 0 saturated heterocycles. The summed E-state index contributed by atoms with van der Waals surface area (Å²) in [7, 11) is 0. The summed E-state index contributed by atoms with van der Waals surface area (Å²) in [4.78, 5) is 22.9. The first-order valence-corrected chi connectivity index (χ1v) is 8.20. The van der Waals surface area contributed by atoms with Gasteiger partial charge in [-0.3, -0.25) is 9.59 Å². The molecule has 2 aromatic carbocycles. The van der Waals surface area contributed by atoms with E-state index in [1.54, 1.807) is 30.3 Å². The molecule has 0 aliphatic heterocycles. The van der Waals surface area contributed by atoms with Crippen LogP contribution in [0.1, 0.15) is 35.7 Å². The van der Waals surface area contributed by atoms with Crippen molar-refractivity contribution in [3.63, 3.8) is 0 Å². The van der Waals surface area contributed by atoms with Crippen LogP contribution >= 0.6 is 0 Å². The van der Waals surface area contributed by atoms with Crippen LogP contribution < -0.4 is 15.8 Å². The lowest BCUT2D eigenvalue weighted by Crippen LogP contribution is -2.11. The molecule has 2 rings (SSSR count). The van der Waals surface area contributed by atoms with E-state index in [9.17, 15) is 9.59 Å². The van der Waals surface area contributed by atoms with Crippen molar-refractivity contribution >= 4 is 23.6 Å². The van der Waals surface area contributed by atoms with Crippen LogP contribution in [0.3, 0.4) is 0 Å². The van der Waals surface area contributed by atoms with Gasteiger partial charge in [0.05, 0.1) is 6.61 Å². The van der Waals surface area contributed by atoms with E-state index in [-0.39, 0.29) is 5.91 Å². The fourth-order valence-electron chi connectivity index (χ4n) is 2.08. The van der Waals surface area contributed by atoms with Gasteiger partial charge in [0.25, 0.3) is 0 Å². The highest BCUT2D eigenvalue weighted by Gasteiger charge is 2.01. The lowest BCUT2D eigenvalue weighted by Gasteiger charge is -2.05. The molecule has 0 aliphatic carbocycles. The van der Waals surface area contributed by atoms with Gasteiger partial charge in [0, 0.05) is 17.3 Å². The molecule has 3 N–H and O–H groups in total. The Hall–Kier alpha value is -3.08. The van der Waals surface area contributed by atoms with Gasteiger partial charge in [-0.1, -0.05) is 25.5 Å². The first-order valence-electron chi connectivity index (χ1n) is 8.20. The number of carbonyl (C=O) groups excluding carboxylic acids is 2. The lowest BCUT2D eigenvalue weighted by atomic mass is 10.2. The summed E-state index contributed by atoms with van der Waals surface area (Å²) < 4.78 is 5.60. The second-order valence-electron chi connectivity index (χ2n) is 5.54. The van der Waals surface area contributed by atoms with Crippen molar-refractivity contribution in [2.75, 3.05) is 11.9 Å². The van der Waals surface area contributed by atoms with E-state index >= 15 is 0 Å². The highest BCUT2D eigenvalue weighted by atomic mass is 16.5. The first-order chi connectivity index (χ1) is 12.1. The van der Waals surface area contributed by atoms with E-state index in [0.717, 1.165) is 24.2 Å². The van der Waals surface area contributed by atoms with E-state index in [0.29, 0.717) is 17.9 Å². The molecular formula is C20H22N2O3. The SMILES string of the molecule is CCCCOc1ccc(C=CC(=O)Nc2ccc(C(N)=O)cc2)cc1. The van der Waals surface area contributed by atoms with Crippen LogP contribution in [-0.2, 0) is 4.79 Å². The van der Waals surface area contributed by atoms with Crippen molar-refractivity contribution in [3.8, 4) is 5.75 Å². The Kier molecular flexibility index (Phi) is 6.77. The average Bonchev–Trinajstić information content (AvgIpc) is 2.62. The van der Waals surface area contributed by atoms with Crippen LogP contribution in [-0.4, -0.2) is 18.4 Å². The van der Waals surface area contributed by atoms with E-state index in [2.05, 4.69) is 12.2 Å². The number of benzene rings is 2. The Morgan fingerprint density at radius 2 is 1.76 bits per heavy atom. The minimum absolute atomic E-state index is 0.255. The topological polar surface area (TPSA) is 81.4 Å². The Morgan fingerprint density at radius 1 is 1.08 bits per heavy atom. The van der Waals surface area contributed by atoms with Crippen LogP contribution in [0.4, 0.5) is 5.69 Å². The van der Waals surface area contributed by atoms with Gasteiger partial charge in [0.2, 0.25) is 11.8 Å². The van der Waals surface area contributed by atoms with Gasteiger partial charge in [-0.05, 0) is 54.5 Å². The van der Waals surface area contributed by atoms with Gasteiger partial charge < -0.3 is 15.8 Å². The highest BCUT2D eigenvalue weighted by Crippen LogP contribution is 2.14. The fourth-order valence-corrected chi connectivity index (χ4v) is 2.08. The molecule has 2 aromatic rings. The third kappa shape index (κ3) is 6.14. The number of nitrogens with two attached hydrogens (primary N) is 1. The Balaban J connectivity index is 1.87. The molecule has 0 radical (unpaired) electrons. The molecule has 0 unspecified atom stereocenters. The molecule has 5 heteroatoms. The smallest absolute Gasteiger partial charge is 0.248 e. The molecule has 0 fully saturated rings. The molecule has 0 heterocycles. The molecule has 5 nitrogen and oxygen atoms in total. The zero-order valence-electron chi connectivity index (χ0n) is 14.2. The number of ether oxygens (including phenoxy) is 1. The predicted octanol–water partition coefficient (Wildman–Crippen LogP) is 3.62. The maximum absolute atomic E-state index is 11.9. The number of rotatable bonds is 8. The molecule has 0 aromatic heterocycles. The fraction of sp³-hybridized carbons (Fsp3) is 0.200. The van der Waals surface area contributed by atoms with Crippen molar-refractivity contribution in [2.45, 2.75) is 19.8 Å². The van der Waals surface area contributed by atoms with Crippen molar-refractivity contribution in [2.24, 2.45) is 5.73 Å². The molecule has 0 spiro atoms. The Bertz CT molecular complexity index is 735. The van der Waals surface area contributed by atoms with Gasteiger partial charge >= 0.3 is 0 Å². The number of unbranched alkanes of at least 4 members (excludes halogenated alkanes) is 1. The maximum atomic E-state index is 11.9. The van der Waals surface area contributed by atoms with Crippen molar-refractivity contribution in [3.05, 3.63) is 65.7 Å². The zero-order chi connectivity index (χ0) is 18.1. The van der Waals surface area contributed by atoms with Crippen LogP contribution in [0, 0.1) is 0 Å². The molecule has 25 heavy (non-hydrogen) atoms. The number of hydrogen-bond acceptors (Lipinski definition) is 3. The molecule has 0 bridgehead atoms. The van der Waals surface area contributed by atoms with Gasteiger partial charge in [-0.25, -0.2) is 0 Å². The molecule has 2 amide bonds. The number of amides is 2. The Morgan fingerprint density at radius 3 is 2.36 bits per heavy atom.